The number of hydrogen-bond acceptors (Lipinski definition) is 6. The zero-order valence-corrected chi connectivity index (χ0v) is 14.7. The summed E-state index contributed by atoms with van der Waals surface area (Å²) in [5.74, 6) is 0.369. The highest BCUT2D eigenvalue weighted by Gasteiger charge is 2.11. The van der Waals surface area contributed by atoms with Crippen molar-refractivity contribution in [2.24, 2.45) is 0 Å². The molecule has 26 heavy (non-hydrogen) atoms. The van der Waals surface area contributed by atoms with Gasteiger partial charge in [-0.15, -0.1) is 0 Å². The monoisotopic (exact) mass is 373 g/mol. The molecule has 0 amide bonds. The SMILES string of the molecule is C[C@@H](CO)Nc1nc(Nc2ccc(F)cc2Cl)cc(-c2ccccn2)n1. The first kappa shape index (κ1) is 18.0. The lowest BCUT2D eigenvalue weighted by atomic mass is 10.2. The van der Waals surface area contributed by atoms with Crippen LogP contribution in [0, 0.1) is 5.82 Å². The molecule has 0 fully saturated rings. The quantitative estimate of drug-likeness (QED) is 0.608. The van der Waals surface area contributed by atoms with E-state index in [1.54, 1.807) is 19.2 Å². The summed E-state index contributed by atoms with van der Waals surface area (Å²) in [6.45, 7) is 1.74. The van der Waals surface area contributed by atoms with E-state index in [0.717, 1.165) is 0 Å². The summed E-state index contributed by atoms with van der Waals surface area (Å²) in [7, 11) is 0. The first-order valence-corrected chi connectivity index (χ1v) is 8.33. The molecule has 3 aromatic rings. The van der Waals surface area contributed by atoms with Gasteiger partial charge in [0.1, 0.15) is 11.6 Å². The molecular weight excluding hydrogens is 357 g/mol. The number of nitrogens with zero attached hydrogens (tertiary/aromatic N) is 3. The molecule has 8 heteroatoms. The normalized spacial score (nSPS) is 11.8. The molecule has 0 aliphatic rings. The number of pyridine rings is 1. The maximum atomic E-state index is 13.2. The van der Waals surface area contributed by atoms with Gasteiger partial charge in [0.2, 0.25) is 5.95 Å². The van der Waals surface area contributed by atoms with Gasteiger partial charge in [-0.2, -0.15) is 4.98 Å². The van der Waals surface area contributed by atoms with Crippen LogP contribution in [0.3, 0.4) is 0 Å². The second kappa shape index (κ2) is 8.07. The lowest BCUT2D eigenvalue weighted by Gasteiger charge is -2.14. The van der Waals surface area contributed by atoms with Gasteiger partial charge in [0, 0.05) is 18.3 Å². The average molecular weight is 374 g/mol. The molecule has 0 spiro atoms. The fourth-order valence-electron chi connectivity index (χ4n) is 2.22. The van der Waals surface area contributed by atoms with Crippen molar-refractivity contribution in [2.45, 2.75) is 13.0 Å². The van der Waals surface area contributed by atoms with Gasteiger partial charge in [0.25, 0.3) is 0 Å². The fourth-order valence-corrected chi connectivity index (χ4v) is 2.43. The van der Waals surface area contributed by atoms with E-state index < -0.39 is 5.82 Å². The Balaban J connectivity index is 1.98. The van der Waals surface area contributed by atoms with Crippen molar-refractivity contribution in [1.82, 2.24) is 15.0 Å². The number of anilines is 3. The Morgan fingerprint density at radius 2 is 2.00 bits per heavy atom. The van der Waals surface area contributed by atoms with Crippen LogP contribution in [0.15, 0.2) is 48.7 Å². The highest BCUT2D eigenvalue weighted by Crippen LogP contribution is 2.27. The van der Waals surface area contributed by atoms with Crippen molar-refractivity contribution >= 4 is 29.1 Å². The number of aromatic nitrogens is 3. The summed E-state index contributed by atoms with van der Waals surface area (Å²) in [5.41, 5.74) is 1.77. The molecule has 1 atom stereocenters. The molecule has 2 heterocycles. The zero-order valence-electron chi connectivity index (χ0n) is 13.9. The second-order valence-electron chi connectivity index (χ2n) is 5.65. The molecule has 3 rings (SSSR count). The maximum Gasteiger partial charge on any atom is 0.225 e. The highest BCUT2D eigenvalue weighted by molar-refractivity contribution is 6.33. The average Bonchev–Trinajstić information content (AvgIpc) is 2.64. The van der Waals surface area contributed by atoms with Crippen LogP contribution >= 0.6 is 11.6 Å². The fraction of sp³-hybridized carbons (Fsp3) is 0.167. The van der Waals surface area contributed by atoms with E-state index in [2.05, 4.69) is 25.6 Å². The number of halogens is 2. The maximum absolute atomic E-state index is 13.2. The number of benzene rings is 1. The van der Waals surface area contributed by atoms with Crippen molar-refractivity contribution in [1.29, 1.82) is 0 Å². The van der Waals surface area contributed by atoms with Crippen molar-refractivity contribution in [3.8, 4) is 11.4 Å². The van der Waals surface area contributed by atoms with E-state index in [-0.39, 0.29) is 17.7 Å². The summed E-state index contributed by atoms with van der Waals surface area (Å²) in [6.07, 6.45) is 1.67. The Hall–Kier alpha value is -2.77. The van der Waals surface area contributed by atoms with Gasteiger partial charge in [0.15, 0.2) is 0 Å². The Morgan fingerprint density at radius 1 is 1.15 bits per heavy atom. The third-order valence-corrected chi connectivity index (χ3v) is 3.81. The Bertz CT molecular complexity index is 894. The van der Waals surface area contributed by atoms with E-state index in [9.17, 15) is 9.50 Å². The molecule has 6 nitrogen and oxygen atoms in total. The van der Waals surface area contributed by atoms with Crippen LogP contribution in [-0.4, -0.2) is 32.7 Å². The Morgan fingerprint density at radius 3 is 2.69 bits per heavy atom. The molecule has 0 aliphatic heterocycles. The highest BCUT2D eigenvalue weighted by atomic mass is 35.5. The molecule has 0 unspecified atom stereocenters. The van der Waals surface area contributed by atoms with Crippen LogP contribution < -0.4 is 10.6 Å². The molecule has 1 aromatic carbocycles. The van der Waals surface area contributed by atoms with Gasteiger partial charge in [-0.05, 0) is 37.3 Å². The molecule has 0 aliphatic carbocycles. The number of aliphatic hydroxyl groups is 1. The molecule has 0 saturated heterocycles. The Kier molecular flexibility index (Phi) is 5.60. The van der Waals surface area contributed by atoms with Crippen molar-refractivity contribution in [2.75, 3.05) is 17.2 Å². The molecule has 0 bridgehead atoms. The van der Waals surface area contributed by atoms with Gasteiger partial charge in [-0.3, -0.25) is 4.98 Å². The van der Waals surface area contributed by atoms with Crippen LogP contribution in [0.1, 0.15) is 6.92 Å². The molecule has 3 N–H and O–H groups in total. The van der Waals surface area contributed by atoms with E-state index in [0.29, 0.717) is 28.8 Å². The first-order chi connectivity index (χ1) is 12.5. The van der Waals surface area contributed by atoms with Crippen molar-refractivity contribution in [3.63, 3.8) is 0 Å². The standard InChI is InChI=1S/C18H17ClFN5O/c1-11(10-26)22-18-24-16(15-4-2-3-7-21-15)9-17(25-18)23-14-6-5-12(20)8-13(14)19/h2-9,11,26H,10H2,1H3,(H2,22,23,24,25)/t11-/m0/s1. The minimum atomic E-state index is -0.420. The van der Waals surface area contributed by atoms with Crippen LogP contribution in [-0.2, 0) is 0 Å². The minimum Gasteiger partial charge on any atom is -0.394 e. The van der Waals surface area contributed by atoms with E-state index >= 15 is 0 Å². The summed E-state index contributed by atoms with van der Waals surface area (Å²) in [6, 6.07) is 11.1. The van der Waals surface area contributed by atoms with Crippen LogP contribution in [0.2, 0.25) is 5.02 Å². The number of aliphatic hydroxyl groups excluding tert-OH is 1. The van der Waals surface area contributed by atoms with Crippen LogP contribution in [0.4, 0.5) is 21.8 Å². The second-order valence-corrected chi connectivity index (χ2v) is 6.06. The molecular formula is C18H17ClFN5O. The van der Waals surface area contributed by atoms with Crippen LogP contribution in [0.25, 0.3) is 11.4 Å². The molecule has 0 saturated carbocycles. The van der Waals surface area contributed by atoms with Crippen molar-refractivity contribution < 1.29 is 9.50 Å². The van der Waals surface area contributed by atoms with E-state index in [4.69, 9.17) is 11.6 Å². The van der Waals surface area contributed by atoms with Gasteiger partial charge in [-0.1, -0.05) is 17.7 Å². The molecule has 0 radical (unpaired) electrons. The predicted molar refractivity (Wildman–Crippen MR) is 100 cm³/mol. The number of nitrogens with one attached hydrogen (secondary N) is 2. The topological polar surface area (TPSA) is 83.0 Å². The van der Waals surface area contributed by atoms with Gasteiger partial charge < -0.3 is 15.7 Å². The summed E-state index contributed by atoms with van der Waals surface area (Å²) >= 11 is 6.08. The third-order valence-electron chi connectivity index (χ3n) is 3.50. The van der Waals surface area contributed by atoms with E-state index in [1.807, 2.05) is 18.2 Å². The zero-order chi connectivity index (χ0) is 18.5. The lowest BCUT2D eigenvalue weighted by molar-refractivity contribution is 0.281. The number of rotatable bonds is 6. The summed E-state index contributed by atoms with van der Waals surface area (Å²) in [5, 5.41) is 15.6. The number of hydrogen-bond donors (Lipinski definition) is 3. The predicted octanol–water partition coefficient (Wildman–Crippen LogP) is 3.87. The van der Waals surface area contributed by atoms with Crippen LogP contribution in [0.5, 0.6) is 0 Å². The first-order valence-electron chi connectivity index (χ1n) is 7.95. The Labute approximate surface area is 155 Å². The van der Waals surface area contributed by atoms with Gasteiger partial charge >= 0.3 is 0 Å². The van der Waals surface area contributed by atoms with Crippen molar-refractivity contribution in [3.05, 3.63) is 59.5 Å². The van der Waals surface area contributed by atoms with Gasteiger partial charge in [-0.25, -0.2) is 9.37 Å². The third kappa shape index (κ3) is 4.44. The summed E-state index contributed by atoms with van der Waals surface area (Å²) < 4.78 is 13.2. The summed E-state index contributed by atoms with van der Waals surface area (Å²) in [4.78, 5) is 13.1. The smallest absolute Gasteiger partial charge is 0.225 e. The molecule has 134 valence electrons. The van der Waals surface area contributed by atoms with E-state index in [1.165, 1.54) is 18.2 Å². The lowest BCUT2D eigenvalue weighted by Crippen LogP contribution is -2.21. The minimum absolute atomic E-state index is 0.0657. The largest absolute Gasteiger partial charge is 0.394 e. The molecule has 2 aromatic heterocycles. The van der Waals surface area contributed by atoms with Gasteiger partial charge in [0.05, 0.1) is 28.7 Å².